The normalized spacial score (nSPS) is 16.6. The van der Waals surface area contributed by atoms with Gasteiger partial charge in [-0.25, -0.2) is 4.79 Å². The fourth-order valence-corrected chi connectivity index (χ4v) is 2.89. The van der Waals surface area contributed by atoms with Crippen LogP contribution < -0.4 is 10.1 Å². The third kappa shape index (κ3) is 5.31. The summed E-state index contributed by atoms with van der Waals surface area (Å²) >= 11 is 1.02. The highest BCUT2D eigenvalue weighted by atomic mass is 32.2. The van der Waals surface area contributed by atoms with Crippen molar-refractivity contribution in [2.75, 3.05) is 7.11 Å². The van der Waals surface area contributed by atoms with Crippen molar-refractivity contribution in [2.24, 2.45) is 10.2 Å². The van der Waals surface area contributed by atoms with Crippen molar-refractivity contribution in [3.63, 3.8) is 0 Å². The number of aryl methyl sites for hydroxylation is 1. The van der Waals surface area contributed by atoms with Gasteiger partial charge < -0.3 is 9.47 Å². The molecule has 7 nitrogen and oxygen atoms in total. The minimum atomic E-state index is -0.602. The van der Waals surface area contributed by atoms with Crippen molar-refractivity contribution in [1.82, 2.24) is 5.32 Å². The molecule has 1 aliphatic heterocycles. The van der Waals surface area contributed by atoms with Gasteiger partial charge in [0, 0.05) is 6.08 Å². The number of nitrogens with one attached hydrogen (secondary N) is 1. The number of carbonyl (C=O) groups is 2. The van der Waals surface area contributed by atoms with Crippen molar-refractivity contribution >= 4 is 35.0 Å². The third-order valence-electron chi connectivity index (χ3n) is 3.59. The van der Waals surface area contributed by atoms with Crippen LogP contribution in [0.15, 0.2) is 69.7 Å². The Morgan fingerprint density at radius 2 is 1.71 bits per heavy atom. The number of amidine groups is 1. The van der Waals surface area contributed by atoms with Gasteiger partial charge in [-0.2, -0.15) is 5.10 Å². The lowest BCUT2D eigenvalue weighted by Gasteiger charge is -2.05. The van der Waals surface area contributed by atoms with E-state index in [9.17, 15) is 9.59 Å². The van der Waals surface area contributed by atoms with Crippen LogP contribution in [-0.2, 0) is 14.3 Å². The molecule has 0 bridgehead atoms. The Kier molecular flexibility index (Phi) is 6.23. The summed E-state index contributed by atoms with van der Waals surface area (Å²) in [6.45, 7) is 2.02. The summed E-state index contributed by atoms with van der Waals surface area (Å²) in [5.74, 6) is 0.462. The fraction of sp³-hybridized carbons (Fsp3) is 0.100. The summed E-state index contributed by atoms with van der Waals surface area (Å²) in [6.07, 6.45) is 2.66. The van der Waals surface area contributed by atoms with Crippen molar-refractivity contribution in [1.29, 1.82) is 0 Å². The number of thioether (sulfide) groups is 1. The van der Waals surface area contributed by atoms with Gasteiger partial charge in [0.25, 0.3) is 5.91 Å². The highest BCUT2D eigenvalue weighted by molar-refractivity contribution is 8.18. The quantitative estimate of drug-likeness (QED) is 0.363. The molecule has 0 atom stereocenters. The van der Waals surface area contributed by atoms with Crippen LogP contribution in [0.1, 0.15) is 11.1 Å². The Labute approximate surface area is 166 Å². The lowest BCUT2D eigenvalue weighted by atomic mass is 10.2. The highest BCUT2D eigenvalue weighted by Crippen LogP contribution is 2.24. The Balaban J connectivity index is 1.59. The Hall–Kier alpha value is -3.39. The summed E-state index contributed by atoms with van der Waals surface area (Å²) in [5, 5.41) is 10.7. The SMILES string of the molecule is COC(=O)/C=C1/S/C(=N\N=Cc2ccc(Oc3ccc(C)cc3)cc2)NC1=O. The average Bonchev–Trinajstić information content (AvgIpc) is 3.04. The smallest absolute Gasteiger partial charge is 0.331 e. The molecule has 2 aromatic rings. The van der Waals surface area contributed by atoms with E-state index in [1.54, 1.807) is 6.21 Å². The first kappa shape index (κ1) is 19.4. The van der Waals surface area contributed by atoms with E-state index in [-0.39, 0.29) is 10.1 Å². The van der Waals surface area contributed by atoms with Gasteiger partial charge in [-0.3, -0.25) is 10.1 Å². The molecule has 0 spiro atoms. The van der Waals surface area contributed by atoms with Gasteiger partial charge in [0.2, 0.25) is 0 Å². The second kappa shape index (κ2) is 9.01. The molecule has 28 heavy (non-hydrogen) atoms. The van der Waals surface area contributed by atoms with Crippen LogP contribution in [0.5, 0.6) is 11.5 Å². The zero-order chi connectivity index (χ0) is 19.9. The molecule has 1 saturated heterocycles. The van der Waals surface area contributed by atoms with Gasteiger partial charge in [0.05, 0.1) is 18.2 Å². The number of carbonyl (C=O) groups excluding carboxylic acids is 2. The molecular formula is C20H17N3O4S. The van der Waals surface area contributed by atoms with Gasteiger partial charge in [0.15, 0.2) is 5.17 Å². The van der Waals surface area contributed by atoms with Crippen LogP contribution in [0.3, 0.4) is 0 Å². The molecule has 8 heteroatoms. The first-order valence-electron chi connectivity index (χ1n) is 8.28. The van der Waals surface area contributed by atoms with Gasteiger partial charge in [-0.15, -0.1) is 5.10 Å². The average molecular weight is 395 g/mol. The molecule has 1 amide bonds. The predicted octanol–water partition coefficient (Wildman–Crippen LogP) is 3.40. The van der Waals surface area contributed by atoms with Crippen LogP contribution >= 0.6 is 11.8 Å². The molecule has 3 rings (SSSR count). The van der Waals surface area contributed by atoms with E-state index in [0.717, 1.165) is 29.2 Å². The first-order chi connectivity index (χ1) is 13.5. The van der Waals surface area contributed by atoms with Gasteiger partial charge in [-0.1, -0.05) is 17.7 Å². The van der Waals surface area contributed by atoms with E-state index in [2.05, 4.69) is 20.3 Å². The second-order valence-electron chi connectivity index (χ2n) is 5.72. The van der Waals surface area contributed by atoms with E-state index in [1.807, 2.05) is 55.5 Å². The lowest BCUT2D eigenvalue weighted by molar-refractivity contribution is -0.135. The Bertz CT molecular complexity index is 964. The Morgan fingerprint density at radius 1 is 1.07 bits per heavy atom. The summed E-state index contributed by atoms with van der Waals surface area (Å²) in [4.78, 5) is 23.1. The van der Waals surface area contributed by atoms with Gasteiger partial charge in [-0.05, 0) is 60.6 Å². The Morgan fingerprint density at radius 3 is 2.36 bits per heavy atom. The van der Waals surface area contributed by atoms with E-state index in [0.29, 0.717) is 5.75 Å². The molecular weight excluding hydrogens is 378 g/mol. The standard InChI is InChI=1S/C20H17N3O4S/c1-13-3-7-15(8-4-13)27-16-9-5-14(6-10-16)12-21-23-20-22-19(25)17(28-20)11-18(24)26-2/h3-12H,1-2H3,(H,22,23,25)/b17-11+,21-12?. The molecule has 142 valence electrons. The van der Waals surface area contributed by atoms with Crippen LogP contribution in [0, 0.1) is 6.92 Å². The maximum atomic E-state index is 11.7. The van der Waals surface area contributed by atoms with Crippen LogP contribution in [0.4, 0.5) is 0 Å². The van der Waals surface area contributed by atoms with E-state index >= 15 is 0 Å². The predicted molar refractivity (Wildman–Crippen MR) is 109 cm³/mol. The van der Waals surface area contributed by atoms with Crippen molar-refractivity contribution in [3.05, 3.63) is 70.6 Å². The number of rotatable bonds is 5. The number of hydrogen-bond donors (Lipinski definition) is 1. The van der Waals surface area contributed by atoms with Crippen LogP contribution in [0.2, 0.25) is 0 Å². The molecule has 1 aliphatic rings. The third-order valence-corrected chi connectivity index (χ3v) is 4.49. The summed E-state index contributed by atoms with van der Waals surface area (Å²) in [7, 11) is 1.24. The second-order valence-corrected chi connectivity index (χ2v) is 6.75. The fourth-order valence-electron chi connectivity index (χ4n) is 2.15. The molecule has 0 radical (unpaired) electrons. The number of hydrogen-bond acceptors (Lipinski definition) is 7. The highest BCUT2D eigenvalue weighted by Gasteiger charge is 2.24. The molecule has 0 aromatic heterocycles. The summed E-state index contributed by atoms with van der Waals surface area (Å²) < 4.78 is 10.3. The van der Waals surface area contributed by atoms with E-state index < -0.39 is 11.9 Å². The summed E-state index contributed by atoms with van der Waals surface area (Å²) in [5.41, 5.74) is 1.99. The first-order valence-corrected chi connectivity index (χ1v) is 9.09. The maximum Gasteiger partial charge on any atom is 0.331 e. The molecule has 2 aromatic carbocycles. The zero-order valence-electron chi connectivity index (χ0n) is 15.2. The molecule has 0 saturated carbocycles. The molecule has 0 unspecified atom stereocenters. The molecule has 1 N–H and O–H groups in total. The minimum Gasteiger partial charge on any atom is -0.466 e. The molecule has 1 fully saturated rings. The van der Waals surface area contributed by atoms with Crippen LogP contribution in [0.25, 0.3) is 0 Å². The van der Waals surface area contributed by atoms with Crippen LogP contribution in [-0.4, -0.2) is 30.4 Å². The number of nitrogens with zero attached hydrogens (tertiary/aromatic N) is 2. The zero-order valence-corrected chi connectivity index (χ0v) is 16.0. The monoisotopic (exact) mass is 395 g/mol. The lowest BCUT2D eigenvalue weighted by Crippen LogP contribution is -2.19. The number of esters is 1. The number of methoxy groups -OCH3 is 1. The number of ether oxygens (including phenoxy) is 2. The van der Waals surface area contributed by atoms with Crippen molar-refractivity contribution < 1.29 is 19.1 Å². The molecule has 1 heterocycles. The topological polar surface area (TPSA) is 89.3 Å². The van der Waals surface area contributed by atoms with E-state index in [4.69, 9.17) is 4.74 Å². The number of benzene rings is 2. The summed E-state index contributed by atoms with van der Waals surface area (Å²) in [6, 6.07) is 15.2. The minimum absolute atomic E-state index is 0.207. The van der Waals surface area contributed by atoms with Crippen molar-refractivity contribution in [2.45, 2.75) is 6.92 Å². The maximum absolute atomic E-state index is 11.7. The van der Waals surface area contributed by atoms with Crippen molar-refractivity contribution in [3.8, 4) is 11.5 Å². The number of amides is 1. The largest absolute Gasteiger partial charge is 0.466 e. The van der Waals surface area contributed by atoms with Gasteiger partial charge in [0.1, 0.15) is 11.5 Å². The van der Waals surface area contributed by atoms with Gasteiger partial charge >= 0.3 is 5.97 Å². The molecule has 0 aliphatic carbocycles. The van der Waals surface area contributed by atoms with E-state index in [1.165, 1.54) is 12.7 Å².